The highest BCUT2D eigenvalue weighted by Gasteiger charge is 2.43. The van der Waals surface area contributed by atoms with Crippen LogP contribution in [0, 0.1) is 5.92 Å². The Morgan fingerprint density at radius 2 is 2.05 bits per heavy atom. The van der Waals surface area contributed by atoms with Crippen molar-refractivity contribution in [2.45, 2.75) is 64.3 Å². The first-order valence-corrected chi connectivity index (χ1v) is 7.69. The minimum absolute atomic E-state index is 0.0231. The molecule has 5 nitrogen and oxygen atoms in total. The average Bonchev–Trinajstić information content (AvgIpc) is 2.43. The van der Waals surface area contributed by atoms with Crippen molar-refractivity contribution in [3.8, 4) is 0 Å². The molecule has 0 bridgehead atoms. The standard InChI is InChI=1S/C15H28N2O3/c1-3-12(8-10-16)6-7-13(18)17-11-5-4-9-15(17,2)14(19)20/h12H,3-11,16H2,1-2H3,(H,19,20). The molecule has 2 unspecified atom stereocenters. The Kier molecular flexibility index (Phi) is 6.46. The molecule has 116 valence electrons. The lowest BCUT2D eigenvalue weighted by molar-refractivity contribution is -0.161. The van der Waals surface area contributed by atoms with Gasteiger partial charge in [-0.05, 0) is 51.5 Å². The first kappa shape index (κ1) is 17.0. The minimum atomic E-state index is -1.02. The monoisotopic (exact) mass is 284 g/mol. The molecule has 1 aliphatic heterocycles. The molecule has 1 amide bonds. The third kappa shape index (κ3) is 3.95. The quantitative estimate of drug-likeness (QED) is 0.749. The summed E-state index contributed by atoms with van der Waals surface area (Å²) >= 11 is 0. The highest BCUT2D eigenvalue weighted by Crippen LogP contribution is 2.29. The summed E-state index contributed by atoms with van der Waals surface area (Å²) in [5, 5.41) is 9.41. The zero-order valence-electron chi connectivity index (χ0n) is 12.7. The van der Waals surface area contributed by atoms with Gasteiger partial charge in [0.25, 0.3) is 0 Å². The van der Waals surface area contributed by atoms with Crippen molar-refractivity contribution in [3.63, 3.8) is 0 Å². The highest BCUT2D eigenvalue weighted by atomic mass is 16.4. The van der Waals surface area contributed by atoms with Crippen LogP contribution in [0.25, 0.3) is 0 Å². The maximum absolute atomic E-state index is 12.4. The smallest absolute Gasteiger partial charge is 0.329 e. The van der Waals surface area contributed by atoms with Gasteiger partial charge >= 0.3 is 5.97 Å². The van der Waals surface area contributed by atoms with Crippen LogP contribution in [0.3, 0.4) is 0 Å². The van der Waals surface area contributed by atoms with Crippen molar-refractivity contribution < 1.29 is 14.7 Å². The number of piperidine rings is 1. The fraction of sp³-hybridized carbons (Fsp3) is 0.867. The second kappa shape index (κ2) is 7.62. The third-order valence-electron chi connectivity index (χ3n) is 4.57. The van der Waals surface area contributed by atoms with Crippen molar-refractivity contribution in [1.29, 1.82) is 0 Å². The second-order valence-corrected chi connectivity index (χ2v) is 5.97. The molecule has 0 radical (unpaired) electrons. The van der Waals surface area contributed by atoms with Gasteiger partial charge in [-0.1, -0.05) is 13.3 Å². The van der Waals surface area contributed by atoms with Crippen LogP contribution in [-0.2, 0) is 9.59 Å². The van der Waals surface area contributed by atoms with Crippen LogP contribution in [0.4, 0.5) is 0 Å². The summed E-state index contributed by atoms with van der Waals surface area (Å²) in [7, 11) is 0. The van der Waals surface area contributed by atoms with Crippen LogP contribution in [0.15, 0.2) is 0 Å². The molecule has 1 heterocycles. The zero-order valence-corrected chi connectivity index (χ0v) is 12.7. The third-order valence-corrected chi connectivity index (χ3v) is 4.57. The molecule has 0 aliphatic carbocycles. The van der Waals surface area contributed by atoms with Crippen molar-refractivity contribution in [3.05, 3.63) is 0 Å². The van der Waals surface area contributed by atoms with E-state index in [0.717, 1.165) is 32.1 Å². The van der Waals surface area contributed by atoms with Crippen LogP contribution >= 0.6 is 0 Å². The van der Waals surface area contributed by atoms with E-state index in [1.54, 1.807) is 11.8 Å². The largest absolute Gasteiger partial charge is 0.480 e. The fourth-order valence-corrected chi connectivity index (χ4v) is 2.99. The summed E-state index contributed by atoms with van der Waals surface area (Å²) in [6.45, 7) is 4.98. The molecule has 0 aromatic carbocycles. The lowest BCUT2D eigenvalue weighted by atomic mass is 9.87. The van der Waals surface area contributed by atoms with Crippen LogP contribution in [0.5, 0.6) is 0 Å². The van der Waals surface area contributed by atoms with E-state index in [1.165, 1.54) is 0 Å². The summed E-state index contributed by atoms with van der Waals surface area (Å²) < 4.78 is 0. The molecule has 0 aromatic heterocycles. The number of hydrogen-bond donors (Lipinski definition) is 2. The number of carboxylic acids is 1. The second-order valence-electron chi connectivity index (χ2n) is 5.97. The average molecular weight is 284 g/mol. The number of nitrogens with zero attached hydrogens (tertiary/aromatic N) is 1. The van der Waals surface area contributed by atoms with Gasteiger partial charge in [-0.25, -0.2) is 4.79 Å². The van der Waals surface area contributed by atoms with Gasteiger partial charge in [0.15, 0.2) is 0 Å². The van der Waals surface area contributed by atoms with Crippen LogP contribution in [0.1, 0.15) is 58.8 Å². The minimum Gasteiger partial charge on any atom is -0.480 e. The van der Waals surface area contributed by atoms with Crippen molar-refractivity contribution in [1.82, 2.24) is 4.90 Å². The summed E-state index contributed by atoms with van der Waals surface area (Å²) in [6, 6.07) is 0. The van der Waals surface area contributed by atoms with Crippen LogP contribution in [0.2, 0.25) is 0 Å². The van der Waals surface area contributed by atoms with E-state index in [4.69, 9.17) is 5.73 Å². The maximum atomic E-state index is 12.4. The van der Waals surface area contributed by atoms with Gasteiger partial charge < -0.3 is 15.7 Å². The van der Waals surface area contributed by atoms with Crippen molar-refractivity contribution >= 4 is 11.9 Å². The lowest BCUT2D eigenvalue weighted by Crippen LogP contribution is -2.57. The van der Waals surface area contributed by atoms with Gasteiger partial charge in [-0.3, -0.25) is 4.79 Å². The van der Waals surface area contributed by atoms with Gasteiger partial charge in [-0.15, -0.1) is 0 Å². The number of rotatable bonds is 7. The molecular weight excluding hydrogens is 256 g/mol. The number of likely N-dealkylation sites (tertiary alicyclic amines) is 1. The van der Waals surface area contributed by atoms with E-state index in [0.29, 0.717) is 31.8 Å². The molecular formula is C15H28N2O3. The molecule has 2 atom stereocenters. The van der Waals surface area contributed by atoms with Crippen molar-refractivity contribution in [2.24, 2.45) is 11.7 Å². The molecule has 1 fully saturated rings. The molecule has 1 aliphatic rings. The van der Waals surface area contributed by atoms with Crippen LogP contribution < -0.4 is 5.73 Å². The number of amides is 1. The molecule has 1 rings (SSSR count). The summed E-state index contributed by atoms with van der Waals surface area (Å²) in [5.74, 6) is -0.450. The molecule has 20 heavy (non-hydrogen) atoms. The normalized spacial score (nSPS) is 24.4. The summed E-state index contributed by atoms with van der Waals surface area (Å²) in [4.78, 5) is 25.4. The fourth-order valence-electron chi connectivity index (χ4n) is 2.99. The zero-order chi connectivity index (χ0) is 15.2. The number of carbonyl (C=O) groups is 2. The number of carbonyl (C=O) groups excluding carboxylic acids is 1. The lowest BCUT2D eigenvalue weighted by Gasteiger charge is -2.41. The van der Waals surface area contributed by atoms with Gasteiger partial charge in [0, 0.05) is 13.0 Å². The predicted molar refractivity (Wildman–Crippen MR) is 78.3 cm³/mol. The van der Waals surface area contributed by atoms with Gasteiger partial charge in [0.2, 0.25) is 5.91 Å². The van der Waals surface area contributed by atoms with E-state index in [2.05, 4.69) is 6.92 Å². The number of carboxylic acid groups (broad SMARTS) is 1. The van der Waals surface area contributed by atoms with E-state index in [-0.39, 0.29) is 5.91 Å². The molecule has 0 spiro atoms. The van der Waals surface area contributed by atoms with Crippen LogP contribution in [-0.4, -0.2) is 40.5 Å². The number of hydrogen-bond acceptors (Lipinski definition) is 3. The molecule has 3 N–H and O–H groups in total. The SMILES string of the molecule is CCC(CCN)CCC(=O)N1CCCCC1(C)C(=O)O. The van der Waals surface area contributed by atoms with E-state index >= 15 is 0 Å². The molecule has 1 saturated heterocycles. The number of aliphatic carboxylic acids is 1. The first-order chi connectivity index (χ1) is 9.45. The predicted octanol–water partition coefficient (Wildman–Crippen LogP) is 2.00. The van der Waals surface area contributed by atoms with Gasteiger partial charge in [0.1, 0.15) is 5.54 Å². The molecule has 0 saturated carbocycles. The van der Waals surface area contributed by atoms with E-state index < -0.39 is 11.5 Å². The summed E-state index contributed by atoms with van der Waals surface area (Å²) in [6.07, 6.45) is 5.50. The Morgan fingerprint density at radius 1 is 1.35 bits per heavy atom. The highest BCUT2D eigenvalue weighted by molar-refractivity contribution is 5.87. The van der Waals surface area contributed by atoms with Gasteiger partial charge in [0.05, 0.1) is 0 Å². The Bertz CT molecular complexity index is 346. The Hall–Kier alpha value is -1.10. The van der Waals surface area contributed by atoms with E-state index in [9.17, 15) is 14.7 Å². The summed E-state index contributed by atoms with van der Waals surface area (Å²) in [5.41, 5.74) is 4.54. The first-order valence-electron chi connectivity index (χ1n) is 7.69. The topological polar surface area (TPSA) is 83.6 Å². The van der Waals surface area contributed by atoms with Gasteiger partial charge in [-0.2, -0.15) is 0 Å². The van der Waals surface area contributed by atoms with Crippen molar-refractivity contribution in [2.75, 3.05) is 13.1 Å². The Morgan fingerprint density at radius 3 is 2.60 bits per heavy atom. The molecule has 0 aromatic rings. The molecule has 5 heteroatoms. The maximum Gasteiger partial charge on any atom is 0.329 e. The number of nitrogens with two attached hydrogens (primary N) is 1. The Labute approximate surface area is 121 Å². The van der Waals surface area contributed by atoms with E-state index in [1.807, 2.05) is 0 Å². The Balaban J connectivity index is 2.62.